The van der Waals surface area contributed by atoms with Crippen LogP contribution in [0.15, 0.2) is 63.9 Å². The van der Waals surface area contributed by atoms with Gasteiger partial charge in [-0.25, -0.2) is 17.5 Å². The van der Waals surface area contributed by atoms with Crippen LogP contribution in [0.2, 0.25) is 0 Å². The first-order valence-corrected chi connectivity index (χ1v) is 11.4. The van der Waals surface area contributed by atoms with Crippen LogP contribution in [0.1, 0.15) is 33.4 Å². The highest BCUT2D eigenvalue weighted by Gasteiger charge is 2.25. The summed E-state index contributed by atoms with van der Waals surface area (Å²) in [5, 5.41) is 4.70. The summed E-state index contributed by atoms with van der Waals surface area (Å²) < 4.78 is 47.7. The van der Waals surface area contributed by atoms with E-state index in [9.17, 15) is 17.6 Å². The molecule has 4 rings (SSSR count). The molecule has 0 saturated carbocycles. The average molecular weight is 456 g/mol. The number of rotatable bonds is 4. The van der Waals surface area contributed by atoms with Gasteiger partial charge in [-0.15, -0.1) is 0 Å². The van der Waals surface area contributed by atoms with E-state index < -0.39 is 15.9 Å². The van der Waals surface area contributed by atoms with E-state index in [2.05, 4.69) is 0 Å². The average Bonchev–Trinajstić information content (AvgIpc) is 3.26. The Morgan fingerprint density at radius 1 is 1.03 bits per heavy atom. The smallest absolute Gasteiger partial charge is 0.264 e. The molecule has 0 radical (unpaired) electrons. The van der Waals surface area contributed by atoms with Crippen molar-refractivity contribution in [3.8, 4) is 22.6 Å². The van der Waals surface area contributed by atoms with Gasteiger partial charge in [0.1, 0.15) is 11.5 Å². The quantitative estimate of drug-likeness (QED) is 0.488. The molecule has 32 heavy (non-hydrogen) atoms. The van der Waals surface area contributed by atoms with Crippen LogP contribution in [0.3, 0.4) is 0 Å². The van der Waals surface area contributed by atoms with Gasteiger partial charge in [0.2, 0.25) is 11.6 Å². The van der Waals surface area contributed by atoms with Gasteiger partial charge in [0.05, 0.1) is 10.6 Å². The second-order valence-corrected chi connectivity index (χ2v) is 10.2. The van der Waals surface area contributed by atoms with Crippen molar-refractivity contribution in [2.75, 3.05) is 0 Å². The molecular formula is C23H22FN3O4S. The van der Waals surface area contributed by atoms with Gasteiger partial charge in [0, 0.05) is 29.5 Å². The van der Waals surface area contributed by atoms with E-state index in [-0.39, 0.29) is 16.1 Å². The number of sulfonamides is 1. The van der Waals surface area contributed by atoms with Crippen LogP contribution < -0.4 is 4.72 Å². The molecule has 0 atom stereocenters. The minimum absolute atomic E-state index is 0.0499. The number of amides is 1. The van der Waals surface area contributed by atoms with E-state index in [0.29, 0.717) is 28.3 Å². The Balaban J connectivity index is 1.87. The standard InChI is InChI=1S/C23H22FN3O4S/c1-14(28)26-32(29,30)18-11-7-16(8-12-18)22-21(15-5-9-17(24)10-6-15)27-20(31-22)13-19(25-27)23(2,3)4/h5-13H,1-4H3,(H,26,28). The number of aromatic nitrogens is 2. The van der Waals surface area contributed by atoms with E-state index in [0.717, 1.165) is 12.6 Å². The molecule has 1 N–H and O–H groups in total. The monoisotopic (exact) mass is 455 g/mol. The lowest BCUT2D eigenvalue weighted by molar-refractivity contribution is -0.117. The summed E-state index contributed by atoms with van der Waals surface area (Å²) >= 11 is 0. The molecule has 2 aromatic carbocycles. The summed E-state index contributed by atoms with van der Waals surface area (Å²) in [7, 11) is -3.95. The molecule has 2 heterocycles. The van der Waals surface area contributed by atoms with Crippen molar-refractivity contribution in [3.05, 3.63) is 66.1 Å². The molecule has 0 aliphatic heterocycles. The van der Waals surface area contributed by atoms with Gasteiger partial charge < -0.3 is 4.42 Å². The number of hydrogen-bond acceptors (Lipinski definition) is 5. The van der Waals surface area contributed by atoms with Gasteiger partial charge in [0.25, 0.3) is 10.0 Å². The molecule has 0 aliphatic carbocycles. The third kappa shape index (κ3) is 4.03. The maximum Gasteiger partial charge on any atom is 0.264 e. The van der Waals surface area contributed by atoms with Crippen LogP contribution in [0.4, 0.5) is 4.39 Å². The predicted molar refractivity (Wildman–Crippen MR) is 118 cm³/mol. The third-order valence-electron chi connectivity index (χ3n) is 4.90. The van der Waals surface area contributed by atoms with Gasteiger partial charge in [-0.1, -0.05) is 20.8 Å². The maximum absolute atomic E-state index is 13.5. The van der Waals surface area contributed by atoms with E-state index in [4.69, 9.17) is 9.52 Å². The van der Waals surface area contributed by atoms with Crippen molar-refractivity contribution in [2.24, 2.45) is 0 Å². The fraction of sp³-hybridized carbons (Fsp3) is 0.217. The zero-order valence-electron chi connectivity index (χ0n) is 18.0. The zero-order chi connectivity index (χ0) is 23.3. The number of fused-ring (bicyclic) bond motifs is 1. The van der Waals surface area contributed by atoms with Crippen molar-refractivity contribution < 1.29 is 22.0 Å². The second-order valence-electron chi connectivity index (χ2n) is 8.50. The van der Waals surface area contributed by atoms with Gasteiger partial charge in [-0.2, -0.15) is 9.61 Å². The minimum atomic E-state index is -3.95. The van der Waals surface area contributed by atoms with Crippen LogP contribution in [0.5, 0.6) is 0 Å². The molecule has 0 fully saturated rings. The molecule has 0 bridgehead atoms. The Labute approximate surface area is 184 Å². The summed E-state index contributed by atoms with van der Waals surface area (Å²) in [5.74, 6) is -0.573. The van der Waals surface area contributed by atoms with Crippen LogP contribution in [0.25, 0.3) is 28.3 Å². The van der Waals surface area contributed by atoms with Gasteiger partial charge >= 0.3 is 0 Å². The summed E-state index contributed by atoms with van der Waals surface area (Å²) in [6, 6.07) is 13.8. The molecule has 166 valence electrons. The van der Waals surface area contributed by atoms with Crippen molar-refractivity contribution in [3.63, 3.8) is 0 Å². The maximum atomic E-state index is 13.5. The molecule has 0 aliphatic rings. The SMILES string of the molecule is CC(=O)NS(=O)(=O)c1ccc(-c2oc3cc(C(C)(C)C)nn3c2-c2ccc(F)cc2)cc1. The fourth-order valence-electron chi connectivity index (χ4n) is 3.30. The topological polar surface area (TPSA) is 93.7 Å². The highest BCUT2D eigenvalue weighted by atomic mass is 32.2. The summed E-state index contributed by atoms with van der Waals surface area (Å²) in [6.07, 6.45) is 0. The van der Waals surface area contributed by atoms with Crippen LogP contribution in [-0.4, -0.2) is 23.9 Å². The van der Waals surface area contributed by atoms with E-state index in [1.54, 1.807) is 28.8 Å². The number of nitrogens with zero attached hydrogens (tertiary/aromatic N) is 2. The van der Waals surface area contributed by atoms with Crippen LogP contribution in [0, 0.1) is 5.82 Å². The van der Waals surface area contributed by atoms with E-state index in [1.165, 1.54) is 24.3 Å². The third-order valence-corrected chi connectivity index (χ3v) is 6.35. The Morgan fingerprint density at radius 3 is 2.19 bits per heavy atom. The highest BCUT2D eigenvalue weighted by Crippen LogP contribution is 2.37. The lowest BCUT2D eigenvalue weighted by atomic mass is 9.93. The Kier molecular flexibility index (Phi) is 5.16. The van der Waals surface area contributed by atoms with Crippen LogP contribution >= 0.6 is 0 Å². The lowest BCUT2D eigenvalue weighted by Gasteiger charge is -2.14. The van der Waals surface area contributed by atoms with E-state index >= 15 is 0 Å². The highest BCUT2D eigenvalue weighted by molar-refractivity contribution is 7.90. The number of carbonyl (C=O) groups is 1. The predicted octanol–water partition coefficient (Wildman–Crippen LogP) is 4.52. The normalized spacial score (nSPS) is 12.3. The Bertz CT molecular complexity index is 1410. The summed E-state index contributed by atoms with van der Waals surface area (Å²) in [5.41, 5.74) is 3.07. The molecule has 0 unspecified atom stereocenters. The van der Waals surface area contributed by atoms with Crippen LogP contribution in [-0.2, 0) is 20.2 Å². The summed E-state index contributed by atoms with van der Waals surface area (Å²) in [4.78, 5) is 11.1. The molecule has 4 aromatic rings. The van der Waals surface area contributed by atoms with Gasteiger partial charge in [0.15, 0.2) is 5.76 Å². The number of hydrogen-bond donors (Lipinski definition) is 1. The number of oxazole rings is 1. The first-order valence-electron chi connectivity index (χ1n) is 9.88. The molecule has 1 amide bonds. The molecular weight excluding hydrogens is 433 g/mol. The first kappa shape index (κ1) is 21.8. The molecule has 0 saturated heterocycles. The number of nitrogens with one attached hydrogen (secondary N) is 1. The Hall–Kier alpha value is -3.46. The number of benzene rings is 2. The molecule has 7 nitrogen and oxygen atoms in total. The van der Waals surface area contributed by atoms with Crippen molar-refractivity contribution in [1.82, 2.24) is 14.3 Å². The minimum Gasteiger partial charge on any atom is -0.436 e. The molecule has 0 spiro atoms. The van der Waals surface area contributed by atoms with Crippen molar-refractivity contribution in [2.45, 2.75) is 38.0 Å². The summed E-state index contributed by atoms with van der Waals surface area (Å²) in [6.45, 7) is 7.26. The second kappa shape index (κ2) is 7.59. The largest absolute Gasteiger partial charge is 0.436 e. The number of halogens is 1. The van der Waals surface area contributed by atoms with Crippen molar-refractivity contribution in [1.29, 1.82) is 0 Å². The van der Waals surface area contributed by atoms with E-state index in [1.807, 2.05) is 31.6 Å². The van der Waals surface area contributed by atoms with Gasteiger partial charge in [-0.05, 0) is 48.5 Å². The lowest BCUT2D eigenvalue weighted by Crippen LogP contribution is -2.28. The molecule has 2 aromatic heterocycles. The molecule has 9 heteroatoms. The van der Waals surface area contributed by atoms with Crippen molar-refractivity contribution >= 4 is 21.6 Å². The Morgan fingerprint density at radius 2 is 1.62 bits per heavy atom. The first-order chi connectivity index (χ1) is 15.0. The fourth-order valence-corrected chi connectivity index (χ4v) is 4.29. The zero-order valence-corrected chi connectivity index (χ0v) is 18.8. The number of carbonyl (C=O) groups excluding carboxylic acids is 1. The van der Waals surface area contributed by atoms with Gasteiger partial charge in [-0.3, -0.25) is 4.79 Å².